The largest absolute Gasteiger partial charge is 0.314 e. The van der Waals surface area contributed by atoms with Gasteiger partial charge < -0.3 is 5.32 Å². The summed E-state index contributed by atoms with van der Waals surface area (Å²) >= 11 is 0. The Hall–Kier alpha value is -0.480. The van der Waals surface area contributed by atoms with Gasteiger partial charge in [-0.05, 0) is 36.6 Å². The normalized spacial score (nSPS) is 31.1. The third-order valence-electron chi connectivity index (χ3n) is 4.14. The van der Waals surface area contributed by atoms with Gasteiger partial charge in [-0.3, -0.25) is 0 Å². The lowest BCUT2D eigenvalue weighted by Gasteiger charge is -2.44. The van der Waals surface area contributed by atoms with Gasteiger partial charge in [0.15, 0.2) is 0 Å². The minimum atomic E-state index is 0.279. The molecule has 1 aliphatic carbocycles. The van der Waals surface area contributed by atoms with Crippen molar-refractivity contribution in [1.29, 1.82) is 0 Å². The van der Waals surface area contributed by atoms with Crippen LogP contribution in [0, 0.1) is 29.6 Å². The van der Waals surface area contributed by atoms with Crippen molar-refractivity contribution in [3.63, 3.8) is 0 Å². The van der Waals surface area contributed by atoms with Crippen molar-refractivity contribution in [2.24, 2.45) is 17.3 Å². The van der Waals surface area contributed by atoms with Crippen LogP contribution in [0.4, 0.5) is 0 Å². The fourth-order valence-electron chi connectivity index (χ4n) is 3.20. The predicted octanol–water partition coefficient (Wildman–Crippen LogP) is 3.45. The summed E-state index contributed by atoms with van der Waals surface area (Å²) in [6, 6.07) is 0.664. The van der Waals surface area contributed by atoms with E-state index in [2.05, 4.69) is 38.9 Å². The molecule has 16 heavy (non-hydrogen) atoms. The summed E-state index contributed by atoms with van der Waals surface area (Å²) in [5.74, 6) is 4.45. The summed E-state index contributed by atoms with van der Waals surface area (Å²) < 4.78 is 0. The summed E-state index contributed by atoms with van der Waals surface area (Å²) in [7, 11) is 0. The zero-order valence-electron chi connectivity index (χ0n) is 11.3. The van der Waals surface area contributed by atoms with Crippen LogP contribution in [-0.4, -0.2) is 12.6 Å². The molecule has 0 radical (unpaired) electrons. The van der Waals surface area contributed by atoms with Crippen molar-refractivity contribution in [2.45, 2.75) is 59.4 Å². The highest BCUT2D eigenvalue weighted by Crippen LogP contribution is 2.42. The molecule has 0 aromatic carbocycles. The molecule has 0 heterocycles. The Balaban J connectivity index is 2.72. The Kier molecular flexibility index (Phi) is 4.87. The van der Waals surface area contributed by atoms with Gasteiger partial charge in [0.25, 0.3) is 0 Å². The molecule has 1 heteroatoms. The average molecular weight is 221 g/mol. The molecule has 1 rings (SSSR count). The van der Waals surface area contributed by atoms with Crippen LogP contribution in [0.25, 0.3) is 0 Å². The highest BCUT2D eigenvalue weighted by atomic mass is 14.9. The molecular formula is C15H27N. The molecule has 1 nitrogen and oxygen atoms in total. The van der Waals surface area contributed by atoms with Gasteiger partial charge in [-0.1, -0.05) is 34.1 Å². The topological polar surface area (TPSA) is 12.0 Å². The van der Waals surface area contributed by atoms with E-state index in [1.165, 1.54) is 19.3 Å². The summed E-state index contributed by atoms with van der Waals surface area (Å²) in [5, 5.41) is 3.66. The third kappa shape index (κ3) is 3.25. The monoisotopic (exact) mass is 221 g/mol. The van der Waals surface area contributed by atoms with Crippen LogP contribution >= 0.6 is 0 Å². The molecule has 0 aromatic rings. The van der Waals surface area contributed by atoms with E-state index in [9.17, 15) is 0 Å². The first-order valence-corrected chi connectivity index (χ1v) is 6.68. The zero-order chi connectivity index (χ0) is 12.2. The van der Waals surface area contributed by atoms with Gasteiger partial charge in [-0.15, -0.1) is 12.3 Å². The predicted molar refractivity (Wildman–Crippen MR) is 71.2 cm³/mol. The lowest BCUT2D eigenvalue weighted by molar-refractivity contribution is 0.0988. The van der Waals surface area contributed by atoms with Crippen LogP contribution in [0.5, 0.6) is 0 Å². The summed E-state index contributed by atoms with van der Waals surface area (Å²) in [6.45, 7) is 10.3. The Bertz CT molecular complexity index is 249. The summed E-state index contributed by atoms with van der Waals surface area (Å²) in [4.78, 5) is 0. The smallest absolute Gasteiger partial charge is 0.0141 e. The Morgan fingerprint density at radius 3 is 2.62 bits per heavy atom. The van der Waals surface area contributed by atoms with E-state index in [1.807, 2.05) is 0 Å². The maximum atomic E-state index is 5.50. The van der Waals surface area contributed by atoms with Gasteiger partial charge in [0.2, 0.25) is 0 Å². The van der Waals surface area contributed by atoms with Crippen molar-refractivity contribution in [2.75, 3.05) is 6.54 Å². The zero-order valence-corrected chi connectivity index (χ0v) is 11.3. The van der Waals surface area contributed by atoms with E-state index in [-0.39, 0.29) is 5.41 Å². The molecule has 92 valence electrons. The van der Waals surface area contributed by atoms with Gasteiger partial charge in [-0.2, -0.15) is 0 Å². The number of hydrogen-bond acceptors (Lipinski definition) is 1. The lowest BCUT2D eigenvalue weighted by Crippen LogP contribution is -2.46. The Morgan fingerprint density at radius 2 is 2.06 bits per heavy atom. The van der Waals surface area contributed by atoms with Crippen molar-refractivity contribution < 1.29 is 0 Å². The number of hydrogen-bond donors (Lipinski definition) is 1. The van der Waals surface area contributed by atoms with Crippen LogP contribution in [0.15, 0.2) is 0 Å². The number of rotatable bonds is 4. The van der Waals surface area contributed by atoms with E-state index in [0.29, 0.717) is 6.04 Å². The third-order valence-corrected chi connectivity index (χ3v) is 4.14. The van der Waals surface area contributed by atoms with Crippen molar-refractivity contribution in [3.8, 4) is 12.3 Å². The van der Waals surface area contributed by atoms with Gasteiger partial charge in [-0.25, -0.2) is 0 Å². The second-order valence-corrected chi connectivity index (χ2v) is 6.06. The van der Waals surface area contributed by atoms with Gasteiger partial charge in [0.1, 0.15) is 0 Å². The van der Waals surface area contributed by atoms with Crippen LogP contribution in [0.3, 0.4) is 0 Å². The van der Waals surface area contributed by atoms with Crippen LogP contribution in [0.1, 0.15) is 53.4 Å². The molecule has 1 fully saturated rings. The maximum absolute atomic E-state index is 5.50. The molecule has 0 amide bonds. The molecule has 0 saturated heterocycles. The minimum Gasteiger partial charge on any atom is -0.314 e. The lowest BCUT2D eigenvalue weighted by atomic mass is 9.65. The highest BCUT2D eigenvalue weighted by Gasteiger charge is 2.37. The minimum absolute atomic E-state index is 0.279. The Labute approximate surface area is 101 Å². The Morgan fingerprint density at radius 1 is 1.38 bits per heavy atom. The molecule has 0 aliphatic heterocycles. The molecule has 0 spiro atoms. The van der Waals surface area contributed by atoms with Crippen LogP contribution < -0.4 is 5.32 Å². The average Bonchev–Trinajstić information content (AvgIpc) is 2.17. The molecule has 1 saturated carbocycles. The molecular weight excluding hydrogens is 194 g/mol. The fourth-order valence-corrected chi connectivity index (χ4v) is 3.20. The second kappa shape index (κ2) is 5.73. The number of terminal acetylenes is 1. The van der Waals surface area contributed by atoms with Crippen LogP contribution in [-0.2, 0) is 0 Å². The van der Waals surface area contributed by atoms with Crippen molar-refractivity contribution in [1.82, 2.24) is 5.32 Å². The summed E-state index contributed by atoms with van der Waals surface area (Å²) in [5.41, 5.74) is 0.279. The first-order chi connectivity index (χ1) is 7.51. The summed E-state index contributed by atoms with van der Waals surface area (Å²) in [6.07, 6.45) is 10.4. The van der Waals surface area contributed by atoms with E-state index < -0.39 is 0 Å². The van der Waals surface area contributed by atoms with E-state index in [4.69, 9.17) is 6.42 Å². The molecule has 1 N–H and O–H groups in total. The second-order valence-electron chi connectivity index (χ2n) is 6.06. The molecule has 3 unspecified atom stereocenters. The number of nitrogens with one attached hydrogen (secondary N) is 1. The molecule has 0 bridgehead atoms. The molecule has 1 aliphatic rings. The maximum Gasteiger partial charge on any atom is 0.0141 e. The SMILES string of the molecule is C#CCC(C)(C)C1CCC(C)CC1NCC. The fraction of sp³-hybridized carbons (Fsp3) is 0.867. The van der Waals surface area contributed by atoms with Crippen molar-refractivity contribution in [3.05, 3.63) is 0 Å². The quantitative estimate of drug-likeness (QED) is 0.717. The van der Waals surface area contributed by atoms with E-state index >= 15 is 0 Å². The van der Waals surface area contributed by atoms with Gasteiger partial charge >= 0.3 is 0 Å². The van der Waals surface area contributed by atoms with Gasteiger partial charge in [0.05, 0.1) is 0 Å². The standard InChI is InChI=1S/C15H27N/c1-6-10-15(4,5)13-9-8-12(3)11-14(13)16-7-2/h1,12-14,16H,7-11H2,2-5H3. The first kappa shape index (κ1) is 13.6. The van der Waals surface area contributed by atoms with E-state index in [0.717, 1.165) is 24.8 Å². The van der Waals surface area contributed by atoms with Gasteiger partial charge in [0, 0.05) is 12.5 Å². The van der Waals surface area contributed by atoms with E-state index in [1.54, 1.807) is 0 Å². The molecule has 3 atom stereocenters. The van der Waals surface area contributed by atoms with Crippen LogP contribution in [0.2, 0.25) is 0 Å². The first-order valence-electron chi connectivity index (χ1n) is 6.68. The molecule has 0 aromatic heterocycles. The highest BCUT2D eigenvalue weighted by molar-refractivity contribution is 4.98. The van der Waals surface area contributed by atoms with Crippen molar-refractivity contribution >= 4 is 0 Å².